The van der Waals surface area contributed by atoms with Crippen LogP contribution in [0.25, 0.3) is 0 Å². The third-order valence-corrected chi connectivity index (χ3v) is 3.11. The van der Waals surface area contributed by atoms with E-state index in [-0.39, 0.29) is 18.8 Å². The van der Waals surface area contributed by atoms with E-state index in [1.807, 2.05) is 0 Å². The van der Waals surface area contributed by atoms with E-state index in [1.54, 1.807) is 14.0 Å². The van der Waals surface area contributed by atoms with E-state index < -0.39 is 29.5 Å². The molecule has 0 radical (unpaired) electrons. The van der Waals surface area contributed by atoms with Crippen molar-refractivity contribution in [2.75, 3.05) is 32.6 Å². The van der Waals surface area contributed by atoms with Crippen LogP contribution in [0.5, 0.6) is 0 Å². The van der Waals surface area contributed by atoms with E-state index in [9.17, 15) is 22.8 Å². The van der Waals surface area contributed by atoms with E-state index >= 15 is 0 Å². The van der Waals surface area contributed by atoms with Crippen LogP contribution < -0.4 is 5.32 Å². The molecule has 128 valence electrons. The first kappa shape index (κ1) is 19.0. The summed E-state index contributed by atoms with van der Waals surface area (Å²) in [5.41, 5.74) is -1.20. The van der Waals surface area contributed by atoms with Crippen LogP contribution >= 0.6 is 0 Å². The Morgan fingerprint density at radius 3 is 2.48 bits per heavy atom. The van der Waals surface area contributed by atoms with Crippen LogP contribution in [0.1, 0.15) is 12.5 Å². The lowest BCUT2D eigenvalue weighted by atomic mass is 10.1. The third-order valence-electron chi connectivity index (χ3n) is 3.11. The van der Waals surface area contributed by atoms with Gasteiger partial charge in [-0.3, -0.25) is 14.5 Å². The zero-order valence-electron chi connectivity index (χ0n) is 13.1. The molecule has 1 aromatic rings. The molecule has 0 saturated carbocycles. The van der Waals surface area contributed by atoms with E-state index in [0.29, 0.717) is 0 Å². The minimum atomic E-state index is -4.55. The number of halogens is 3. The second-order valence-corrected chi connectivity index (χ2v) is 5.21. The zero-order chi connectivity index (χ0) is 17.6. The fourth-order valence-electron chi connectivity index (χ4n) is 2.08. The van der Waals surface area contributed by atoms with Crippen molar-refractivity contribution in [3.63, 3.8) is 0 Å². The van der Waals surface area contributed by atoms with Gasteiger partial charge in [0.15, 0.2) is 0 Å². The summed E-state index contributed by atoms with van der Waals surface area (Å²) in [4.78, 5) is 24.7. The Morgan fingerprint density at radius 1 is 1.30 bits per heavy atom. The van der Waals surface area contributed by atoms with E-state index in [4.69, 9.17) is 0 Å². The number of anilines is 1. The first-order valence-electron chi connectivity index (χ1n) is 6.87. The molecule has 1 atom stereocenters. The summed E-state index contributed by atoms with van der Waals surface area (Å²) >= 11 is 0. The Balaban J connectivity index is 2.66. The fraction of sp³-hybridized carbons (Fsp3) is 0.467. The second kappa shape index (κ2) is 7.96. The highest BCUT2D eigenvalue weighted by Crippen LogP contribution is 2.34. The maximum absolute atomic E-state index is 12.8. The molecule has 1 rings (SSSR count). The highest BCUT2D eigenvalue weighted by Gasteiger charge is 2.33. The predicted molar refractivity (Wildman–Crippen MR) is 78.8 cm³/mol. The summed E-state index contributed by atoms with van der Waals surface area (Å²) in [7, 11) is 2.86. The van der Waals surface area contributed by atoms with Gasteiger partial charge >= 0.3 is 12.1 Å². The van der Waals surface area contributed by atoms with Crippen LogP contribution in [-0.2, 0) is 20.5 Å². The van der Waals surface area contributed by atoms with Gasteiger partial charge in [0.1, 0.15) is 0 Å². The number of alkyl halides is 3. The molecule has 0 aliphatic carbocycles. The second-order valence-electron chi connectivity index (χ2n) is 5.21. The Labute approximate surface area is 132 Å². The molecular formula is C15H19F3N2O3. The van der Waals surface area contributed by atoms with Crippen LogP contribution in [0.2, 0.25) is 0 Å². The number of methoxy groups -OCH3 is 1. The molecule has 0 heterocycles. The molecule has 1 N–H and O–H groups in total. The maximum Gasteiger partial charge on any atom is 0.418 e. The number of ether oxygens (including phenoxy) is 1. The number of hydrogen-bond acceptors (Lipinski definition) is 4. The molecule has 0 aliphatic rings. The number of rotatable bonds is 6. The van der Waals surface area contributed by atoms with Gasteiger partial charge < -0.3 is 10.1 Å². The van der Waals surface area contributed by atoms with Gasteiger partial charge in [0, 0.05) is 6.54 Å². The molecule has 0 saturated heterocycles. The molecule has 0 aliphatic heterocycles. The maximum atomic E-state index is 12.8. The van der Waals surface area contributed by atoms with Crippen LogP contribution in [0.3, 0.4) is 0 Å². The molecule has 8 heteroatoms. The van der Waals surface area contributed by atoms with Gasteiger partial charge in [-0.05, 0) is 19.2 Å². The van der Waals surface area contributed by atoms with Crippen LogP contribution in [0.4, 0.5) is 18.9 Å². The Morgan fingerprint density at radius 2 is 1.91 bits per heavy atom. The molecule has 23 heavy (non-hydrogen) atoms. The SMILES string of the molecule is COC(=O)C(C)CN(C)CC(=O)Nc1ccccc1C(F)(F)F. The van der Waals surface area contributed by atoms with Gasteiger partial charge in [-0.1, -0.05) is 19.1 Å². The van der Waals surface area contributed by atoms with Gasteiger partial charge in [0.25, 0.3) is 0 Å². The quantitative estimate of drug-likeness (QED) is 0.813. The molecule has 0 bridgehead atoms. The fourth-order valence-corrected chi connectivity index (χ4v) is 2.08. The zero-order valence-corrected chi connectivity index (χ0v) is 13.1. The molecule has 1 amide bonds. The molecule has 0 fully saturated rings. The average molecular weight is 332 g/mol. The number of likely N-dealkylation sites (N-methyl/N-ethyl adjacent to an activating group) is 1. The van der Waals surface area contributed by atoms with Crippen LogP contribution in [0, 0.1) is 5.92 Å². The smallest absolute Gasteiger partial charge is 0.418 e. The molecule has 0 aromatic heterocycles. The minimum Gasteiger partial charge on any atom is -0.469 e. The van der Waals surface area contributed by atoms with Crippen molar-refractivity contribution in [2.45, 2.75) is 13.1 Å². The van der Waals surface area contributed by atoms with Gasteiger partial charge in [0.05, 0.1) is 30.8 Å². The lowest BCUT2D eigenvalue weighted by molar-refractivity contribution is -0.145. The average Bonchev–Trinajstić information content (AvgIpc) is 2.45. The summed E-state index contributed by atoms with van der Waals surface area (Å²) in [5, 5.41) is 2.25. The highest BCUT2D eigenvalue weighted by molar-refractivity contribution is 5.93. The number of benzene rings is 1. The molecular weight excluding hydrogens is 313 g/mol. The largest absolute Gasteiger partial charge is 0.469 e. The number of carbonyl (C=O) groups excluding carboxylic acids is 2. The Bertz CT molecular complexity index is 561. The number of nitrogens with zero attached hydrogens (tertiary/aromatic N) is 1. The van der Waals surface area contributed by atoms with Gasteiger partial charge in [0.2, 0.25) is 5.91 Å². The molecule has 0 spiro atoms. The first-order chi connectivity index (χ1) is 10.6. The van der Waals surface area contributed by atoms with Crippen molar-refractivity contribution in [1.29, 1.82) is 0 Å². The topological polar surface area (TPSA) is 58.6 Å². The third kappa shape index (κ3) is 5.90. The standard InChI is InChI=1S/C15H19F3N2O3/c1-10(14(22)23-3)8-20(2)9-13(21)19-12-7-5-4-6-11(12)15(16,17)18/h4-7,10H,8-9H2,1-3H3,(H,19,21). The van der Waals surface area contributed by atoms with Crippen LogP contribution in [0.15, 0.2) is 24.3 Å². The molecule has 5 nitrogen and oxygen atoms in total. The van der Waals surface area contributed by atoms with Crippen molar-refractivity contribution in [3.8, 4) is 0 Å². The van der Waals surface area contributed by atoms with Gasteiger partial charge in [-0.2, -0.15) is 13.2 Å². The number of carbonyl (C=O) groups is 2. The lowest BCUT2D eigenvalue weighted by Crippen LogP contribution is -2.35. The normalized spacial score (nSPS) is 12.8. The Kier molecular flexibility index (Phi) is 6.56. The van der Waals surface area contributed by atoms with E-state index in [1.165, 1.54) is 30.2 Å². The summed E-state index contributed by atoms with van der Waals surface area (Å²) < 4.78 is 43.1. The van der Waals surface area contributed by atoms with Crippen molar-refractivity contribution in [3.05, 3.63) is 29.8 Å². The number of hydrogen-bond donors (Lipinski definition) is 1. The Hall–Kier alpha value is -2.09. The van der Waals surface area contributed by atoms with Crippen molar-refractivity contribution < 1.29 is 27.5 Å². The van der Waals surface area contributed by atoms with Gasteiger partial charge in [-0.25, -0.2) is 0 Å². The summed E-state index contributed by atoms with van der Waals surface area (Å²) in [6.45, 7) is 1.74. The van der Waals surface area contributed by atoms with E-state index in [2.05, 4.69) is 10.1 Å². The molecule has 1 unspecified atom stereocenters. The number of para-hydroxylation sites is 1. The summed E-state index contributed by atoms with van der Waals surface area (Å²) in [5.74, 6) is -1.46. The minimum absolute atomic E-state index is 0.145. The predicted octanol–water partition coefficient (Wildman–Crippen LogP) is 2.38. The van der Waals surface area contributed by atoms with Gasteiger partial charge in [-0.15, -0.1) is 0 Å². The lowest BCUT2D eigenvalue weighted by Gasteiger charge is -2.20. The van der Waals surface area contributed by atoms with Crippen molar-refractivity contribution in [1.82, 2.24) is 4.90 Å². The summed E-state index contributed by atoms with van der Waals surface area (Å²) in [6, 6.07) is 4.76. The summed E-state index contributed by atoms with van der Waals surface area (Å²) in [6.07, 6.45) is -4.55. The number of nitrogens with one attached hydrogen (secondary N) is 1. The van der Waals surface area contributed by atoms with Crippen LogP contribution in [-0.4, -0.2) is 44.0 Å². The number of esters is 1. The number of amides is 1. The highest BCUT2D eigenvalue weighted by atomic mass is 19.4. The van der Waals surface area contributed by atoms with E-state index in [0.717, 1.165) is 6.07 Å². The van der Waals surface area contributed by atoms with Crippen molar-refractivity contribution >= 4 is 17.6 Å². The first-order valence-corrected chi connectivity index (χ1v) is 6.87. The van der Waals surface area contributed by atoms with Crippen molar-refractivity contribution in [2.24, 2.45) is 5.92 Å². The monoisotopic (exact) mass is 332 g/mol. The molecule has 1 aromatic carbocycles.